The highest BCUT2D eigenvalue weighted by Gasteiger charge is 2.09. The summed E-state index contributed by atoms with van der Waals surface area (Å²) in [4.78, 5) is 10.1. The molecule has 0 aromatic carbocycles. The van der Waals surface area contributed by atoms with E-state index in [0.29, 0.717) is 26.1 Å². The minimum Gasteiger partial charge on any atom is -0.480 e. The second kappa shape index (κ2) is 15.3. The van der Waals surface area contributed by atoms with Crippen molar-refractivity contribution in [2.45, 2.75) is 38.1 Å². The third kappa shape index (κ3) is 17.9. The van der Waals surface area contributed by atoms with Crippen LogP contribution >= 0.6 is 0 Å². The molecule has 1 unspecified atom stereocenters. The lowest BCUT2D eigenvalue weighted by atomic mass is 10.1. The van der Waals surface area contributed by atoms with E-state index in [1.807, 2.05) is 5.48 Å². The maximum Gasteiger partial charge on any atom is 0.320 e. The van der Waals surface area contributed by atoms with Crippen LogP contribution in [0.1, 0.15) is 32.1 Å². The highest BCUT2D eigenvalue weighted by atomic mass is 16.5. The van der Waals surface area contributed by atoms with Gasteiger partial charge < -0.3 is 27.5 Å². The largest absolute Gasteiger partial charge is 0.480 e. The molecule has 0 saturated carbocycles. The number of carboxylic acid groups (broad SMARTS) is 1. The molecule has 0 saturated heterocycles. The van der Waals surface area contributed by atoms with Gasteiger partial charge in [-0.3, -0.25) is 4.79 Å². The van der Waals surface area contributed by atoms with Crippen LogP contribution in [0.3, 0.4) is 0 Å². The maximum atomic E-state index is 10.1. The van der Waals surface area contributed by atoms with Crippen LogP contribution in [-0.4, -0.2) is 42.0 Å². The summed E-state index contributed by atoms with van der Waals surface area (Å²) in [6, 6.07) is -0.716. The van der Waals surface area contributed by atoms with Crippen molar-refractivity contribution in [2.24, 2.45) is 17.2 Å². The van der Waals surface area contributed by atoms with Gasteiger partial charge in [-0.25, -0.2) is 5.48 Å². The summed E-state index contributed by atoms with van der Waals surface area (Å²) >= 11 is 0. The van der Waals surface area contributed by atoms with Crippen LogP contribution in [0.25, 0.3) is 0 Å². The van der Waals surface area contributed by atoms with Gasteiger partial charge in [0.05, 0.1) is 0 Å². The first-order chi connectivity index (χ1) is 8.09. The third-order valence-electron chi connectivity index (χ3n) is 2.03. The second-order valence-electron chi connectivity index (χ2n) is 3.63. The number of unbranched alkanes of at least 4 members (excludes halogenated alkanes) is 2. The molecule has 0 aliphatic rings. The third-order valence-corrected chi connectivity index (χ3v) is 2.03. The molecular formula is C10H26N4O3. The molecule has 7 heteroatoms. The van der Waals surface area contributed by atoms with Gasteiger partial charge in [0.1, 0.15) is 6.04 Å². The highest BCUT2D eigenvalue weighted by Crippen LogP contribution is 1.96. The molecule has 0 rings (SSSR count). The molecule has 0 radical (unpaired) electrons. The van der Waals surface area contributed by atoms with E-state index in [2.05, 4.69) is 0 Å². The monoisotopic (exact) mass is 250 g/mol. The molecule has 1 atom stereocenters. The average molecular weight is 250 g/mol. The average Bonchev–Trinajstić information content (AvgIpc) is 2.30. The van der Waals surface area contributed by atoms with E-state index in [1.54, 1.807) is 0 Å². The second-order valence-corrected chi connectivity index (χ2v) is 3.63. The zero-order valence-corrected chi connectivity index (χ0v) is 10.3. The summed E-state index contributed by atoms with van der Waals surface area (Å²) in [5.41, 5.74) is 17.6. The van der Waals surface area contributed by atoms with E-state index in [9.17, 15) is 4.79 Å². The Hall–Kier alpha value is -0.730. The van der Waals surface area contributed by atoms with Crippen molar-refractivity contribution in [3.8, 4) is 0 Å². The van der Waals surface area contributed by atoms with E-state index in [4.69, 9.17) is 27.5 Å². The molecule has 0 spiro atoms. The lowest BCUT2D eigenvalue weighted by Gasteiger charge is -2.03. The van der Waals surface area contributed by atoms with E-state index >= 15 is 0 Å². The maximum absolute atomic E-state index is 10.1. The van der Waals surface area contributed by atoms with Crippen molar-refractivity contribution in [3.05, 3.63) is 0 Å². The van der Waals surface area contributed by atoms with Gasteiger partial charge in [-0.1, -0.05) is 6.42 Å². The molecule has 0 aromatic heterocycles. The smallest absolute Gasteiger partial charge is 0.320 e. The number of carboxylic acids is 1. The zero-order valence-electron chi connectivity index (χ0n) is 10.3. The molecule has 0 fully saturated rings. The fourth-order valence-corrected chi connectivity index (χ4v) is 0.980. The van der Waals surface area contributed by atoms with Crippen LogP contribution in [0.5, 0.6) is 0 Å². The molecule has 0 aliphatic heterocycles. The minimum absolute atomic E-state index is 0.520. The molecule has 9 N–H and O–H groups in total. The number of rotatable bonds is 9. The number of hydroxylamine groups is 1. The van der Waals surface area contributed by atoms with Crippen LogP contribution in [-0.2, 0) is 4.79 Å². The quantitative estimate of drug-likeness (QED) is 0.232. The number of aliphatic carboxylic acids is 1. The van der Waals surface area contributed by atoms with E-state index in [1.165, 1.54) is 0 Å². The summed E-state index contributed by atoms with van der Waals surface area (Å²) in [6.07, 6.45) is 4.10. The summed E-state index contributed by atoms with van der Waals surface area (Å²) in [6.45, 7) is 1.96. The Morgan fingerprint density at radius 3 is 2.06 bits per heavy atom. The van der Waals surface area contributed by atoms with Gasteiger partial charge in [0.2, 0.25) is 0 Å². The Balaban J connectivity index is 0. The van der Waals surface area contributed by atoms with Crippen molar-refractivity contribution in [1.29, 1.82) is 0 Å². The fraction of sp³-hybridized carbons (Fsp3) is 0.900. The minimum atomic E-state index is -0.933. The lowest BCUT2D eigenvalue weighted by Crippen LogP contribution is -2.29. The number of nitrogens with one attached hydrogen (secondary N) is 1. The predicted octanol–water partition coefficient (Wildman–Crippen LogP) is -0.769. The van der Waals surface area contributed by atoms with Gasteiger partial charge in [0.15, 0.2) is 0 Å². The Morgan fingerprint density at radius 2 is 1.65 bits per heavy atom. The van der Waals surface area contributed by atoms with E-state index in [-0.39, 0.29) is 0 Å². The van der Waals surface area contributed by atoms with Gasteiger partial charge in [0, 0.05) is 6.54 Å². The SMILES string of the molecule is NCCCCC(N)C(=O)O.NCCCCNO. The van der Waals surface area contributed by atoms with Crippen LogP contribution in [0.2, 0.25) is 0 Å². The van der Waals surface area contributed by atoms with Gasteiger partial charge in [-0.05, 0) is 38.8 Å². The van der Waals surface area contributed by atoms with Crippen molar-refractivity contribution in [1.82, 2.24) is 5.48 Å². The molecule has 0 aromatic rings. The van der Waals surface area contributed by atoms with Crippen molar-refractivity contribution >= 4 is 5.97 Å². The molecule has 0 bridgehead atoms. The summed E-state index contributed by atoms with van der Waals surface area (Å²) in [5.74, 6) is -0.933. The first kappa shape index (κ1) is 18.6. The van der Waals surface area contributed by atoms with E-state index < -0.39 is 12.0 Å². The van der Waals surface area contributed by atoms with Gasteiger partial charge in [-0.15, -0.1) is 0 Å². The van der Waals surface area contributed by atoms with Crippen LogP contribution in [0, 0.1) is 0 Å². The van der Waals surface area contributed by atoms with Crippen molar-refractivity contribution in [3.63, 3.8) is 0 Å². The van der Waals surface area contributed by atoms with E-state index in [0.717, 1.165) is 25.7 Å². The molecule has 104 valence electrons. The fourth-order valence-electron chi connectivity index (χ4n) is 0.980. The van der Waals surface area contributed by atoms with Gasteiger partial charge in [-0.2, -0.15) is 0 Å². The normalized spacial score (nSPS) is 11.5. The van der Waals surface area contributed by atoms with Crippen LogP contribution in [0.15, 0.2) is 0 Å². The van der Waals surface area contributed by atoms with Crippen LogP contribution in [0.4, 0.5) is 0 Å². The molecule has 0 amide bonds. The lowest BCUT2D eigenvalue weighted by molar-refractivity contribution is -0.138. The van der Waals surface area contributed by atoms with Gasteiger partial charge in [0.25, 0.3) is 0 Å². The first-order valence-corrected chi connectivity index (χ1v) is 5.85. The predicted molar refractivity (Wildman–Crippen MR) is 66.6 cm³/mol. The highest BCUT2D eigenvalue weighted by molar-refractivity contribution is 5.72. The van der Waals surface area contributed by atoms with Crippen molar-refractivity contribution in [2.75, 3.05) is 19.6 Å². The Kier molecular flexibility index (Phi) is 16.7. The molecular weight excluding hydrogens is 224 g/mol. The standard InChI is InChI=1S/C6H14N2O2.C4H12N2O/c7-4-2-1-3-5(8)6(9)10;5-3-1-2-4-6-7/h5H,1-4,7-8H2,(H,9,10);6-7H,1-5H2. The summed E-state index contributed by atoms with van der Waals surface area (Å²) in [7, 11) is 0. The Bertz CT molecular complexity index is 166. The Morgan fingerprint density at radius 1 is 1.12 bits per heavy atom. The number of nitrogens with two attached hydrogens (primary N) is 3. The number of hydrogen-bond acceptors (Lipinski definition) is 6. The molecule has 7 nitrogen and oxygen atoms in total. The van der Waals surface area contributed by atoms with Crippen LogP contribution < -0.4 is 22.7 Å². The number of carbonyl (C=O) groups is 1. The van der Waals surface area contributed by atoms with Crippen molar-refractivity contribution < 1.29 is 15.1 Å². The van der Waals surface area contributed by atoms with Gasteiger partial charge >= 0.3 is 5.97 Å². The Labute approximate surface area is 102 Å². The number of hydrogen-bond donors (Lipinski definition) is 6. The summed E-state index contributed by atoms with van der Waals surface area (Å²) < 4.78 is 0. The first-order valence-electron chi connectivity index (χ1n) is 5.85. The topological polar surface area (TPSA) is 148 Å². The molecule has 0 heterocycles. The summed E-state index contributed by atoms with van der Waals surface area (Å²) in [5, 5.41) is 16.3. The molecule has 17 heavy (non-hydrogen) atoms. The molecule has 0 aliphatic carbocycles. The zero-order chi connectivity index (χ0) is 13.5.